The van der Waals surface area contributed by atoms with Gasteiger partial charge in [-0.3, -0.25) is 14.4 Å². The third kappa shape index (κ3) is 2.92. The number of aliphatic carboxylic acids is 1. The lowest BCUT2D eigenvalue weighted by atomic mass is 9.95. The minimum atomic E-state index is -1.05. The number of carbonyl (C=O) groups is 1. The molecule has 1 aromatic heterocycles. The lowest BCUT2D eigenvalue weighted by molar-refractivity contribution is -0.137. The Bertz CT molecular complexity index is 936. The predicted molar refractivity (Wildman–Crippen MR) is 98.7 cm³/mol. The number of carboxylic acids is 1. The van der Waals surface area contributed by atoms with Crippen LogP contribution in [0, 0.1) is 9.87 Å². The fraction of sp³-hybridized carbons (Fsp3) is 0.235. The first-order valence-corrected chi connectivity index (χ1v) is 8.65. The molecule has 2 heterocycles. The van der Waals surface area contributed by atoms with Crippen LogP contribution in [0.4, 0.5) is 5.69 Å². The molecule has 2 N–H and O–H groups in total. The lowest BCUT2D eigenvalue weighted by Gasteiger charge is -2.08. The van der Waals surface area contributed by atoms with Crippen LogP contribution in [0.3, 0.4) is 0 Å². The Morgan fingerprint density at radius 3 is 2.79 bits per heavy atom. The lowest BCUT2D eigenvalue weighted by Crippen LogP contribution is -2.08. The molecule has 124 valence electrons. The molecular formula is C17H16N2O3S2. The number of para-hydroxylation sites is 1. The standard InChI is InChI=1S/C17H16N2O3S2/c1-9(2)15-11(10-5-3-4-6-12(10)18-15)7-13-16(22)19(8-14(20)21)17(23)24-13/h3-7,9,22H,8H2,1-2H3,(H,20,21)/b11-7+. The molecule has 5 nitrogen and oxygen atoms in total. The van der Waals surface area contributed by atoms with Gasteiger partial charge in [-0.25, -0.2) is 0 Å². The minimum Gasteiger partial charge on any atom is -0.493 e. The van der Waals surface area contributed by atoms with Crippen molar-refractivity contribution < 1.29 is 15.0 Å². The van der Waals surface area contributed by atoms with Gasteiger partial charge in [0.1, 0.15) is 6.54 Å². The first kappa shape index (κ1) is 16.6. The molecule has 2 aromatic rings. The van der Waals surface area contributed by atoms with Crippen molar-refractivity contribution in [3.05, 3.63) is 38.7 Å². The zero-order valence-electron chi connectivity index (χ0n) is 13.2. The second-order valence-electron chi connectivity index (χ2n) is 5.76. The molecule has 7 heteroatoms. The maximum absolute atomic E-state index is 10.9. The summed E-state index contributed by atoms with van der Waals surface area (Å²) in [5.41, 5.74) is 3.79. The van der Waals surface area contributed by atoms with Crippen LogP contribution >= 0.6 is 23.6 Å². The molecule has 0 atom stereocenters. The van der Waals surface area contributed by atoms with Gasteiger partial charge >= 0.3 is 5.97 Å². The van der Waals surface area contributed by atoms with Crippen LogP contribution in [0.15, 0.2) is 29.3 Å². The molecule has 0 spiro atoms. The van der Waals surface area contributed by atoms with Crippen molar-refractivity contribution in [2.45, 2.75) is 20.4 Å². The third-order valence-corrected chi connectivity index (χ3v) is 5.11. The van der Waals surface area contributed by atoms with Gasteiger partial charge in [-0.2, -0.15) is 0 Å². The second kappa shape index (κ2) is 6.33. The van der Waals surface area contributed by atoms with E-state index in [9.17, 15) is 9.90 Å². The van der Waals surface area contributed by atoms with Crippen LogP contribution in [0.5, 0.6) is 5.88 Å². The van der Waals surface area contributed by atoms with Crippen LogP contribution in [0.25, 0.3) is 11.6 Å². The van der Waals surface area contributed by atoms with E-state index in [0.717, 1.165) is 22.5 Å². The Kier molecular flexibility index (Phi) is 4.38. The number of hydrogen-bond acceptors (Lipinski definition) is 5. The average Bonchev–Trinajstić information content (AvgIpc) is 3.01. The first-order chi connectivity index (χ1) is 11.4. The zero-order valence-corrected chi connectivity index (χ0v) is 14.8. The first-order valence-electron chi connectivity index (χ1n) is 7.43. The highest BCUT2D eigenvalue weighted by atomic mass is 32.1. The Morgan fingerprint density at radius 2 is 2.12 bits per heavy atom. The van der Waals surface area contributed by atoms with Gasteiger partial charge in [0.2, 0.25) is 5.88 Å². The SMILES string of the molecule is CC(C)C1=Nc2ccccc2/C1=C\c1sc(=S)n(CC(=O)O)c1O. The summed E-state index contributed by atoms with van der Waals surface area (Å²) in [6, 6.07) is 7.83. The summed E-state index contributed by atoms with van der Waals surface area (Å²) >= 11 is 6.37. The Labute approximate surface area is 148 Å². The van der Waals surface area contributed by atoms with E-state index in [0.29, 0.717) is 8.83 Å². The van der Waals surface area contributed by atoms with Gasteiger partial charge in [-0.1, -0.05) is 32.0 Å². The van der Waals surface area contributed by atoms with E-state index in [1.165, 1.54) is 15.9 Å². The number of aromatic nitrogens is 1. The number of hydrogen-bond donors (Lipinski definition) is 2. The van der Waals surface area contributed by atoms with E-state index in [-0.39, 0.29) is 18.3 Å². The van der Waals surface area contributed by atoms with E-state index in [1.54, 1.807) is 0 Å². The average molecular weight is 360 g/mol. The van der Waals surface area contributed by atoms with Crippen molar-refractivity contribution in [1.82, 2.24) is 4.57 Å². The molecule has 0 bridgehead atoms. The molecule has 1 aliphatic heterocycles. The molecule has 24 heavy (non-hydrogen) atoms. The molecule has 3 rings (SSSR count). The van der Waals surface area contributed by atoms with Crippen molar-refractivity contribution in [1.29, 1.82) is 0 Å². The molecule has 0 radical (unpaired) electrons. The maximum atomic E-state index is 10.9. The summed E-state index contributed by atoms with van der Waals surface area (Å²) in [5.74, 6) is -0.943. The molecule has 0 amide bonds. The topological polar surface area (TPSA) is 74.8 Å². The van der Waals surface area contributed by atoms with Crippen LogP contribution in [-0.4, -0.2) is 26.5 Å². The number of fused-ring (bicyclic) bond motifs is 1. The van der Waals surface area contributed by atoms with Crippen molar-refractivity contribution in [2.24, 2.45) is 10.9 Å². The van der Waals surface area contributed by atoms with Crippen LogP contribution in [0.1, 0.15) is 24.3 Å². The van der Waals surface area contributed by atoms with Gasteiger partial charge in [0, 0.05) is 11.1 Å². The highest BCUT2D eigenvalue weighted by molar-refractivity contribution is 7.73. The van der Waals surface area contributed by atoms with Crippen molar-refractivity contribution >= 4 is 52.6 Å². The maximum Gasteiger partial charge on any atom is 0.323 e. The molecular weight excluding hydrogens is 344 g/mol. The van der Waals surface area contributed by atoms with Gasteiger partial charge in [0.25, 0.3) is 0 Å². The quantitative estimate of drug-likeness (QED) is 0.795. The number of benzene rings is 1. The van der Waals surface area contributed by atoms with Crippen molar-refractivity contribution in [3.63, 3.8) is 0 Å². The van der Waals surface area contributed by atoms with Crippen molar-refractivity contribution in [2.75, 3.05) is 0 Å². The molecule has 0 saturated heterocycles. The van der Waals surface area contributed by atoms with Gasteiger partial charge < -0.3 is 10.2 Å². The van der Waals surface area contributed by atoms with E-state index in [1.807, 2.05) is 30.3 Å². The fourth-order valence-corrected chi connectivity index (χ4v) is 3.88. The summed E-state index contributed by atoms with van der Waals surface area (Å²) in [4.78, 5) is 16.1. The summed E-state index contributed by atoms with van der Waals surface area (Å²) in [5, 5.41) is 19.3. The second-order valence-corrected chi connectivity index (χ2v) is 7.44. The van der Waals surface area contributed by atoms with E-state index in [4.69, 9.17) is 17.3 Å². The molecule has 1 aromatic carbocycles. The number of aliphatic imine (C=N–C) groups is 1. The smallest absolute Gasteiger partial charge is 0.323 e. The van der Waals surface area contributed by atoms with Gasteiger partial charge in [0.05, 0.1) is 16.3 Å². The number of carboxylic acid groups (broad SMARTS) is 1. The van der Waals surface area contributed by atoms with Gasteiger partial charge in [0.15, 0.2) is 3.95 Å². The molecule has 0 aliphatic carbocycles. The summed E-state index contributed by atoms with van der Waals surface area (Å²) < 4.78 is 1.55. The number of aromatic hydroxyl groups is 1. The number of rotatable bonds is 4. The van der Waals surface area contributed by atoms with Gasteiger partial charge in [-0.15, -0.1) is 11.3 Å². The highest BCUT2D eigenvalue weighted by Gasteiger charge is 2.24. The summed E-state index contributed by atoms with van der Waals surface area (Å²) in [7, 11) is 0. The molecule has 0 saturated carbocycles. The predicted octanol–water partition coefficient (Wildman–Crippen LogP) is 4.35. The fourth-order valence-electron chi connectivity index (χ4n) is 2.63. The largest absolute Gasteiger partial charge is 0.493 e. The molecule has 0 unspecified atom stereocenters. The van der Waals surface area contributed by atoms with E-state index in [2.05, 4.69) is 18.8 Å². The van der Waals surface area contributed by atoms with E-state index < -0.39 is 5.97 Å². The van der Waals surface area contributed by atoms with E-state index >= 15 is 0 Å². The normalized spacial score (nSPS) is 15.0. The highest BCUT2D eigenvalue weighted by Crippen LogP contribution is 2.40. The van der Waals surface area contributed by atoms with Crippen molar-refractivity contribution in [3.8, 4) is 5.88 Å². The van der Waals surface area contributed by atoms with Gasteiger partial charge in [-0.05, 0) is 30.3 Å². The molecule has 0 fully saturated rings. The zero-order chi connectivity index (χ0) is 17.4. The summed E-state index contributed by atoms with van der Waals surface area (Å²) in [6.45, 7) is 3.78. The summed E-state index contributed by atoms with van der Waals surface area (Å²) in [6.07, 6.45) is 1.85. The number of thiazole rings is 1. The number of allylic oxidation sites excluding steroid dienone is 1. The monoisotopic (exact) mass is 360 g/mol. The van der Waals surface area contributed by atoms with Crippen LogP contribution < -0.4 is 0 Å². The van der Waals surface area contributed by atoms with Crippen LogP contribution in [-0.2, 0) is 11.3 Å². The van der Waals surface area contributed by atoms with Crippen LogP contribution in [0.2, 0.25) is 0 Å². The Hall–Kier alpha value is -2.25. The third-order valence-electron chi connectivity index (χ3n) is 3.72. The number of nitrogens with zero attached hydrogens (tertiary/aromatic N) is 2. The molecule has 1 aliphatic rings. The Morgan fingerprint density at radius 1 is 1.42 bits per heavy atom. The minimum absolute atomic E-state index is 0.118. The Balaban J connectivity index is 2.13.